The van der Waals surface area contributed by atoms with Crippen LogP contribution < -0.4 is 20.9 Å². The molecule has 0 fully saturated rings. The van der Waals surface area contributed by atoms with Crippen LogP contribution in [0.2, 0.25) is 0 Å². The Labute approximate surface area is 239 Å². The van der Waals surface area contributed by atoms with Gasteiger partial charge in [-0.25, -0.2) is 19.4 Å². The highest BCUT2D eigenvalue weighted by Crippen LogP contribution is 2.35. The van der Waals surface area contributed by atoms with E-state index in [0.29, 0.717) is 56.5 Å². The Morgan fingerprint density at radius 1 is 0.952 bits per heavy atom. The largest absolute Gasteiger partial charge is 0.454 e. The van der Waals surface area contributed by atoms with Gasteiger partial charge in [0.1, 0.15) is 22.8 Å². The lowest BCUT2D eigenvalue weighted by Crippen LogP contribution is -2.21. The van der Waals surface area contributed by atoms with Gasteiger partial charge in [0.25, 0.3) is 5.56 Å². The first-order valence-corrected chi connectivity index (χ1v) is 13.1. The summed E-state index contributed by atoms with van der Waals surface area (Å²) in [6, 6.07) is 17.9. The predicted octanol–water partition coefficient (Wildman–Crippen LogP) is 6.14. The summed E-state index contributed by atoms with van der Waals surface area (Å²) in [5.74, 6) is 1.39. The number of nitrogens with one attached hydrogen (secondary N) is 3. The smallest absolute Gasteiger partial charge is 0.324 e. The summed E-state index contributed by atoms with van der Waals surface area (Å²) in [4.78, 5) is 41.0. The second-order valence-corrected chi connectivity index (χ2v) is 9.79. The average molecular weight is 559 g/mol. The summed E-state index contributed by atoms with van der Waals surface area (Å²) in [6.45, 7) is 9.47. The van der Waals surface area contributed by atoms with Crippen LogP contribution in [0.1, 0.15) is 23.9 Å². The summed E-state index contributed by atoms with van der Waals surface area (Å²) in [5, 5.41) is 11.1. The van der Waals surface area contributed by atoms with Crippen LogP contribution in [-0.4, -0.2) is 35.7 Å². The van der Waals surface area contributed by atoms with Crippen LogP contribution in [0.3, 0.4) is 0 Å². The predicted molar refractivity (Wildman–Crippen MR) is 162 cm³/mol. The van der Waals surface area contributed by atoms with Gasteiger partial charge in [-0.05, 0) is 62.7 Å². The molecule has 0 saturated heterocycles. The summed E-state index contributed by atoms with van der Waals surface area (Å²) in [6.07, 6.45) is 3.17. The van der Waals surface area contributed by atoms with Crippen molar-refractivity contribution in [1.82, 2.24) is 29.7 Å². The monoisotopic (exact) mass is 558 g/mol. The Morgan fingerprint density at radius 2 is 1.76 bits per heavy atom. The van der Waals surface area contributed by atoms with Gasteiger partial charge in [0.15, 0.2) is 11.4 Å². The van der Waals surface area contributed by atoms with Gasteiger partial charge in [-0.1, -0.05) is 24.3 Å². The number of amides is 2. The second-order valence-electron chi connectivity index (χ2n) is 9.79. The quantitative estimate of drug-likeness (QED) is 0.223. The maximum absolute atomic E-state index is 13.2. The van der Waals surface area contributed by atoms with E-state index in [9.17, 15) is 9.59 Å². The van der Waals surface area contributed by atoms with Gasteiger partial charge in [0.05, 0.1) is 22.6 Å². The molecular weight excluding hydrogens is 532 g/mol. The molecule has 11 heteroatoms. The van der Waals surface area contributed by atoms with Crippen molar-refractivity contribution in [3.8, 4) is 17.2 Å². The molecule has 3 N–H and O–H groups in total. The average Bonchev–Trinajstić information content (AvgIpc) is 3.39. The number of nitrogens with zero attached hydrogens (tertiary/aromatic N) is 5. The number of anilines is 2. The molecule has 4 aromatic heterocycles. The van der Waals surface area contributed by atoms with Crippen molar-refractivity contribution >= 4 is 45.2 Å². The molecule has 0 aliphatic rings. The van der Waals surface area contributed by atoms with Crippen molar-refractivity contribution in [1.29, 1.82) is 0 Å². The van der Waals surface area contributed by atoms with Crippen LogP contribution in [0, 0.1) is 13.8 Å². The topological polar surface area (TPSA) is 140 Å². The van der Waals surface area contributed by atoms with Crippen LogP contribution in [0.25, 0.3) is 33.3 Å². The van der Waals surface area contributed by atoms with E-state index in [1.807, 2.05) is 44.2 Å². The second kappa shape index (κ2) is 10.6. The number of pyridine rings is 2. The lowest BCUT2D eigenvalue weighted by Gasteiger charge is -2.14. The molecular formula is C31H26N8O3. The highest BCUT2D eigenvalue weighted by molar-refractivity contribution is 6.06. The Kier molecular flexibility index (Phi) is 6.67. The van der Waals surface area contributed by atoms with Crippen molar-refractivity contribution in [2.24, 2.45) is 0 Å². The third kappa shape index (κ3) is 5.06. The molecule has 6 rings (SSSR count). The summed E-state index contributed by atoms with van der Waals surface area (Å²) in [7, 11) is 0. The van der Waals surface area contributed by atoms with Crippen LogP contribution in [0.4, 0.5) is 16.3 Å². The third-order valence-corrected chi connectivity index (χ3v) is 6.59. The summed E-state index contributed by atoms with van der Waals surface area (Å²) >= 11 is 0. The molecule has 0 aliphatic carbocycles. The number of carbonyl (C=O) groups is 1. The van der Waals surface area contributed by atoms with Gasteiger partial charge in [-0.15, -0.1) is 0 Å². The number of allylic oxidation sites excluding steroid dienone is 1. The molecule has 2 amide bonds. The first-order chi connectivity index (χ1) is 20.3. The third-order valence-electron chi connectivity index (χ3n) is 6.59. The van der Waals surface area contributed by atoms with E-state index in [1.54, 1.807) is 48.1 Å². The van der Waals surface area contributed by atoms with Crippen molar-refractivity contribution in [3.05, 3.63) is 107 Å². The Balaban J connectivity index is 1.30. The number of carbonyl (C=O) groups excluding carboxylic acids is 1. The number of hydrogen-bond acceptors (Lipinski definition) is 7. The van der Waals surface area contributed by atoms with Crippen LogP contribution >= 0.6 is 0 Å². The van der Waals surface area contributed by atoms with Crippen LogP contribution in [-0.2, 0) is 0 Å². The molecule has 0 atom stereocenters. The molecule has 42 heavy (non-hydrogen) atoms. The normalized spacial score (nSPS) is 11.0. The maximum Gasteiger partial charge on any atom is 0.324 e. The maximum atomic E-state index is 13.2. The zero-order valence-electron chi connectivity index (χ0n) is 23.1. The molecule has 4 heterocycles. The fourth-order valence-electron chi connectivity index (χ4n) is 4.42. The van der Waals surface area contributed by atoms with E-state index in [4.69, 9.17) is 4.74 Å². The van der Waals surface area contributed by atoms with Crippen molar-refractivity contribution in [2.75, 3.05) is 10.6 Å². The van der Waals surface area contributed by atoms with Gasteiger partial charge < -0.3 is 15.0 Å². The molecule has 2 aromatic carbocycles. The molecule has 0 bridgehead atoms. The number of H-pyrrole nitrogens is 1. The molecule has 6 aromatic rings. The van der Waals surface area contributed by atoms with E-state index in [-0.39, 0.29) is 5.56 Å². The number of benzene rings is 2. The lowest BCUT2D eigenvalue weighted by atomic mass is 10.1. The van der Waals surface area contributed by atoms with Crippen molar-refractivity contribution in [2.45, 2.75) is 20.8 Å². The Bertz CT molecular complexity index is 2060. The molecule has 0 spiro atoms. The minimum absolute atomic E-state index is 0.302. The number of ether oxygens (including phenoxy) is 1. The van der Waals surface area contributed by atoms with E-state index in [1.165, 1.54) is 6.20 Å². The first-order valence-electron chi connectivity index (χ1n) is 13.1. The molecule has 11 nitrogen and oxygen atoms in total. The van der Waals surface area contributed by atoms with Crippen molar-refractivity contribution < 1.29 is 9.53 Å². The van der Waals surface area contributed by atoms with Crippen LogP contribution in [0.15, 0.2) is 84.4 Å². The number of aromatic amines is 1. The van der Waals surface area contributed by atoms with E-state index >= 15 is 0 Å². The minimum Gasteiger partial charge on any atom is -0.454 e. The fraction of sp³-hybridized carbons (Fsp3) is 0.0968. The number of urea groups is 1. The zero-order valence-corrected chi connectivity index (χ0v) is 23.1. The Hall–Kier alpha value is -5.84. The molecule has 0 radical (unpaired) electrons. The number of fused-ring (bicyclic) bond motifs is 2. The standard InChI is InChI=1S/C31H26N8O3/c1-17(2)23-16-26(39(38-23)20-9-7-18(3)8-10-20)36-31(41)35-22-11-12-24(21-6-5-14-32-27(21)22)42-25-13-15-33-29-28(25)34-19(4)30(40)37-29/h5-16H,1H2,2-4H3,(H,33,37,40)(H2,35,36,41). The van der Waals surface area contributed by atoms with Crippen LogP contribution in [0.5, 0.6) is 11.5 Å². The SMILES string of the molecule is C=C(C)c1cc(NC(=O)Nc2ccc(Oc3ccnc4[nH]c(=O)c(C)nc34)c3cccnc23)n(-c2ccc(C)cc2)n1. The fourth-order valence-corrected chi connectivity index (χ4v) is 4.42. The summed E-state index contributed by atoms with van der Waals surface area (Å²) in [5.41, 5.74) is 5.09. The van der Waals surface area contributed by atoms with E-state index in [2.05, 4.69) is 42.2 Å². The highest BCUT2D eigenvalue weighted by Gasteiger charge is 2.17. The van der Waals surface area contributed by atoms with Gasteiger partial charge in [-0.2, -0.15) is 5.10 Å². The van der Waals surface area contributed by atoms with E-state index < -0.39 is 6.03 Å². The number of aryl methyl sites for hydroxylation is 2. The molecule has 0 aliphatic heterocycles. The number of rotatable bonds is 6. The zero-order chi connectivity index (χ0) is 29.4. The molecule has 208 valence electrons. The van der Waals surface area contributed by atoms with Gasteiger partial charge >= 0.3 is 6.03 Å². The first kappa shape index (κ1) is 26.4. The molecule has 0 unspecified atom stereocenters. The highest BCUT2D eigenvalue weighted by atomic mass is 16.5. The Morgan fingerprint density at radius 3 is 2.55 bits per heavy atom. The molecule has 0 saturated carbocycles. The summed E-state index contributed by atoms with van der Waals surface area (Å²) < 4.78 is 7.91. The number of aromatic nitrogens is 6. The number of hydrogen-bond donors (Lipinski definition) is 3. The van der Waals surface area contributed by atoms with Gasteiger partial charge in [-0.3, -0.25) is 15.1 Å². The van der Waals surface area contributed by atoms with E-state index in [0.717, 1.165) is 16.8 Å². The van der Waals surface area contributed by atoms with Crippen molar-refractivity contribution in [3.63, 3.8) is 0 Å². The lowest BCUT2D eigenvalue weighted by molar-refractivity contribution is 0.262. The minimum atomic E-state index is -0.471. The van der Waals surface area contributed by atoms with Gasteiger partial charge in [0, 0.05) is 29.9 Å². The van der Waals surface area contributed by atoms with Gasteiger partial charge in [0.2, 0.25) is 0 Å².